The van der Waals surface area contributed by atoms with Gasteiger partial charge in [-0.05, 0) is 41.4 Å². The molecule has 2 atom stereocenters. The molecule has 0 aromatic heterocycles. The number of nitrogens with one attached hydrogen (secondary N) is 1. The first-order valence-electron chi connectivity index (χ1n) is 5.50. The molecule has 1 aromatic rings. The van der Waals surface area contributed by atoms with E-state index in [-0.39, 0.29) is 11.6 Å². The molecular weight excluding hydrogens is 318 g/mol. The molecule has 0 fully saturated rings. The second-order valence-electron chi connectivity index (χ2n) is 4.08. The van der Waals surface area contributed by atoms with Crippen LogP contribution < -0.4 is 5.32 Å². The fraction of sp³-hybridized carbons (Fsp3) is 0.417. The first kappa shape index (κ1) is 15.2. The smallest absolute Gasteiger partial charge is 0.338 e. The van der Waals surface area contributed by atoms with E-state index in [9.17, 15) is 9.00 Å². The second kappa shape index (κ2) is 6.89. The van der Waals surface area contributed by atoms with E-state index in [2.05, 4.69) is 21.2 Å². The lowest BCUT2D eigenvalue weighted by Gasteiger charge is -2.17. The Balaban J connectivity index is 2.81. The summed E-state index contributed by atoms with van der Waals surface area (Å²) in [6.45, 7) is 1.94. The minimum absolute atomic E-state index is 0.0706. The van der Waals surface area contributed by atoms with Gasteiger partial charge in [-0.2, -0.15) is 0 Å². The van der Waals surface area contributed by atoms with Gasteiger partial charge in [0.05, 0.1) is 11.3 Å². The van der Waals surface area contributed by atoms with Crippen molar-refractivity contribution in [2.24, 2.45) is 0 Å². The van der Waals surface area contributed by atoms with Gasteiger partial charge in [0.1, 0.15) is 0 Å². The molecule has 1 aromatic carbocycles. The third-order valence-electron chi connectivity index (χ3n) is 2.47. The summed E-state index contributed by atoms with van der Waals surface area (Å²) in [6, 6.07) is 5.28. The molecule has 0 saturated carbocycles. The SMILES string of the molecule is CC(CCS(C)=O)Nc1cccc(Br)c1C(=O)O. The van der Waals surface area contributed by atoms with Crippen molar-refractivity contribution in [2.45, 2.75) is 19.4 Å². The monoisotopic (exact) mass is 333 g/mol. The van der Waals surface area contributed by atoms with E-state index in [1.807, 2.05) is 6.92 Å². The second-order valence-corrected chi connectivity index (χ2v) is 6.49. The van der Waals surface area contributed by atoms with Crippen molar-refractivity contribution in [1.29, 1.82) is 0 Å². The van der Waals surface area contributed by atoms with Gasteiger partial charge in [-0.25, -0.2) is 4.79 Å². The lowest BCUT2D eigenvalue weighted by atomic mass is 10.1. The topological polar surface area (TPSA) is 66.4 Å². The molecule has 18 heavy (non-hydrogen) atoms. The van der Waals surface area contributed by atoms with E-state index < -0.39 is 16.8 Å². The van der Waals surface area contributed by atoms with Crippen molar-refractivity contribution in [3.05, 3.63) is 28.2 Å². The maximum Gasteiger partial charge on any atom is 0.338 e. The Morgan fingerprint density at radius 1 is 1.56 bits per heavy atom. The summed E-state index contributed by atoms with van der Waals surface area (Å²) in [5.74, 6) is -0.374. The Labute approximate surface area is 117 Å². The highest BCUT2D eigenvalue weighted by molar-refractivity contribution is 9.10. The van der Waals surface area contributed by atoms with Crippen LogP contribution in [-0.4, -0.2) is 33.3 Å². The number of rotatable bonds is 6. The Morgan fingerprint density at radius 3 is 2.78 bits per heavy atom. The van der Waals surface area contributed by atoms with Crippen molar-refractivity contribution < 1.29 is 14.1 Å². The van der Waals surface area contributed by atoms with Crippen LogP contribution in [0.2, 0.25) is 0 Å². The molecule has 0 aliphatic carbocycles. The minimum Gasteiger partial charge on any atom is -0.478 e. The molecule has 2 N–H and O–H groups in total. The van der Waals surface area contributed by atoms with Gasteiger partial charge in [-0.3, -0.25) is 4.21 Å². The molecule has 0 aliphatic rings. The zero-order valence-electron chi connectivity index (χ0n) is 10.3. The summed E-state index contributed by atoms with van der Waals surface area (Å²) in [7, 11) is -0.828. The van der Waals surface area contributed by atoms with E-state index in [0.29, 0.717) is 15.9 Å². The highest BCUT2D eigenvalue weighted by Crippen LogP contribution is 2.25. The first-order chi connectivity index (χ1) is 8.41. The van der Waals surface area contributed by atoms with Crippen LogP contribution >= 0.6 is 15.9 Å². The fourth-order valence-corrected chi connectivity index (χ4v) is 2.76. The van der Waals surface area contributed by atoms with Crippen molar-refractivity contribution in [2.75, 3.05) is 17.3 Å². The standard InChI is InChI=1S/C12H16BrNO3S/c1-8(6-7-18(2)17)14-10-5-3-4-9(13)11(10)12(15)16/h3-5,8,14H,6-7H2,1-2H3,(H,15,16). The van der Waals surface area contributed by atoms with E-state index >= 15 is 0 Å². The third kappa shape index (κ3) is 4.42. The summed E-state index contributed by atoms with van der Waals surface area (Å²) < 4.78 is 11.6. The Kier molecular flexibility index (Phi) is 5.81. The van der Waals surface area contributed by atoms with Crippen LogP contribution in [-0.2, 0) is 10.8 Å². The Hall–Kier alpha value is -0.880. The number of hydrogen-bond donors (Lipinski definition) is 2. The van der Waals surface area contributed by atoms with Gasteiger partial charge in [0.15, 0.2) is 0 Å². The molecule has 0 radical (unpaired) electrons. The molecule has 0 heterocycles. The number of carboxylic acids is 1. The summed E-state index contributed by atoms with van der Waals surface area (Å²) in [6.07, 6.45) is 2.39. The molecule has 4 nitrogen and oxygen atoms in total. The summed E-state index contributed by atoms with van der Waals surface area (Å²) in [4.78, 5) is 11.2. The van der Waals surface area contributed by atoms with Gasteiger partial charge in [0.2, 0.25) is 0 Å². The summed E-state index contributed by atoms with van der Waals surface area (Å²) >= 11 is 3.23. The lowest BCUT2D eigenvalue weighted by molar-refractivity contribution is 0.0697. The van der Waals surface area contributed by atoms with E-state index in [0.717, 1.165) is 6.42 Å². The molecule has 1 rings (SSSR count). The average Bonchev–Trinajstić information content (AvgIpc) is 2.26. The predicted molar refractivity (Wildman–Crippen MR) is 77.7 cm³/mol. The molecule has 0 amide bonds. The van der Waals surface area contributed by atoms with Crippen molar-refractivity contribution in [3.63, 3.8) is 0 Å². The molecule has 0 spiro atoms. The van der Waals surface area contributed by atoms with E-state index in [1.54, 1.807) is 24.5 Å². The third-order valence-corrected chi connectivity index (χ3v) is 3.94. The van der Waals surface area contributed by atoms with Crippen LogP contribution in [0.25, 0.3) is 0 Å². The molecule has 0 saturated heterocycles. The summed E-state index contributed by atoms with van der Waals surface area (Å²) in [5.41, 5.74) is 0.799. The number of carboxylic acid groups (broad SMARTS) is 1. The largest absolute Gasteiger partial charge is 0.478 e. The molecule has 100 valence electrons. The van der Waals surface area contributed by atoms with Gasteiger partial charge in [-0.1, -0.05) is 6.07 Å². The number of hydrogen-bond acceptors (Lipinski definition) is 3. The van der Waals surface area contributed by atoms with Crippen LogP contribution in [0.3, 0.4) is 0 Å². The number of aromatic carboxylic acids is 1. The molecule has 0 bridgehead atoms. The fourth-order valence-electron chi connectivity index (χ4n) is 1.54. The molecule has 0 aliphatic heterocycles. The van der Waals surface area contributed by atoms with E-state index in [1.165, 1.54) is 0 Å². The highest BCUT2D eigenvalue weighted by Gasteiger charge is 2.15. The first-order valence-corrected chi connectivity index (χ1v) is 8.02. The zero-order valence-corrected chi connectivity index (χ0v) is 12.7. The van der Waals surface area contributed by atoms with Gasteiger partial charge < -0.3 is 10.4 Å². The van der Waals surface area contributed by atoms with Crippen LogP contribution in [0, 0.1) is 0 Å². The quantitative estimate of drug-likeness (QED) is 0.839. The van der Waals surface area contributed by atoms with Crippen LogP contribution in [0.4, 0.5) is 5.69 Å². The molecule has 6 heteroatoms. The average molecular weight is 334 g/mol. The maximum atomic E-state index is 11.2. The molecular formula is C12H16BrNO3S. The van der Waals surface area contributed by atoms with Gasteiger partial charge in [0, 0.05) is 33.3 Å². The maximum absolute atomic E-state index is 11.2. The van der Waals surface area contributed by atoms with E-state index in [4.69, 9.17) is 5.11 Å². The van der Waals surface area contributed by atoms with Crippen LogP contribution in [0.1, 0.15) is 23.7 Å². The molecule has 2 unspecified atom stereocenters. The summed E-state index contributed by atoms with van der Waals surface area (Å²) in [5, 5.41) is 12.3. The normalized spacial score (nSPS) is 13.9. The lowest BCUT2D eigenvalue weighted by Crippen LogP contribution is -2.19. The number of anilines is 1. The number of carbonyl (C=O) groups is 1. The minimum atomic E-state index is -0.976. The van der Waals surface area contributed by atoms with Crippen LogP contribution in [0.15, 0.2) is 22.7 Å². The number of halogens is 1. The Morgan fingerprint density at radius 2 is 2.22 bits per heavy atom. The van der Waals surface area contributed by atoms with Crippen LogP contribution in [0.5, 0.6) is 0 Å². The van der Waals surface area contributed by atoms with Gasteiger partial charge in [0.25, 0.3) is 0 Å². The van der Waals surface area contributed by atoms with Gasteiger partial charge in [-0.15, -0.1) is 0 Å². The van der Waals surface area contributed by atoms with Crippen molar-refractivity contribution in [1.82, 2.24) is 0 Å². The van der Waals surface area contributed by atoms with Crippen molar-refractivity contribution >= 4 is 38.4 Å². The number of benzene rings is 1. The zero-order chi connectivity index (χ0) is 13.7. The van der Waals surface area contributed by atoms with Gasteiger partial charge >= 0.3 is 5.97 Å². The predicted octanol–water partition coefficient (Wildman–Crippen LogP) is 2.72. The highest BCUT2D eigenvalue weighted by atomic mass is 79.9. The van der Waals surface area contributed by atoms with Crippen molar-refractivity contribution in [3.8, 4) is 0 Å². The Bertz CT molecular complexity index is 465.